The molecule has 2 heterocycles. The predicted molar refractivity (Wildman–Crippen MR) is 60.3 cm³/mol. The third-order valence-corrected chi connectivity index (χ3v) is 3.32. The van der Waals surface area contributed by atoms with E-state index in [4.69, 9.17) is 0 Å². The smallest absolute Gasteiger partial charge is 0.152 e. The quantitative estimate of drug-likeness (QED) is 0.808. The minimum Gasteiger partial charge on any atom is -0.394 e. The molecule has 0 amide bonds. The molecular formula is C11H14N4O. The van der Waals surface area contributed by atoms with Gasteiger partial charge < -0.3 is 10.4 Å². The second kappa shape index (κ2) is 3.45. The van der Waals surface area contributed by atoms with E-state index in [1.807, 2.05) is 12.3 Å². The van der Waals surface area contributed by atoms with Crippen molar-refractivity contribution in [1.82, 2.24) is 14.6 Å². The van der Waals surface area contributed by atoms with Gasteiger partial charge in [-0.2, -0.15) is 5.10 Å². The Morgan fingerprint density at radius 1 is 1.44 bits per heavy atom. The molecule has 16 heavy (non-hydrogen) atoms. The molecule has 2 aromatic heterocycles. The van der Waals surface area contributed by atoms with E-state index in [0.29, 0.717) is 0 Å². The zero-order valence-corrected chi connectivity index (χ0v) is 8.93. The van der Waals surface area contributed by atoms with Crippen molar-refractivity contribution >= 4 is 11.3 Å². The Kier molecular flexibility index (Phi) is 2.07. The number of nitrogens with zero attached hydrogens (tertiary/aromatic N) is 3. The third kappa shape index (κ3) is 1.36. The van der Waals surface area contributed by atoms with Crippen LogP contribution in [0.4, 0.5) is 5.82 Å². The van der Waals surface area contributed by atoms with E-state index in [-0.39, 0.29) is 12.1 Å². The first-order valence-corrected chi connectivity index (χ1v) is 5.50. The molecule has 0 saturated heterocycles. The monoisotopic (exact) mass is 218 g/mol. The first kappa shape index (κ1) is 9.59. The SMILES string of the molecule is OCC1(Nc2nccn3nccc23)CCC1. The molecule has 3 rings (SSSR count). The highest BCUT2D eigenvalue weighted by atomic mass is 16.3. The third-order valence-electron chi connectivity index (χ3n) is 3.32. The van der Waals surface area contributed by atoms with Crippen molar-refractivity contribution in [2.24, 2.45) is 0 Å². The van der Waals surface area contributed by atoms with Gasteiger partial charge in [-0.25, -0.2) is 9.50 Å². The minimum atomic E-state index is -0.168. The van der Waals surface area contributed by atoms with E-state index in [1.165, 1.54) is 0 Å². The Labute approximate surface area is 93.1 Å². The van der Waals surface area contributed by atoms with Gasteiger partial charge in [-0.05, 0) is 25.3 Å². The van der Waals surface area contributed by atoms with E-state index in [1.54, 1.807) is 16.9 Å². The molecule has 1 saturated carbocycles. The van der Waals surface area contributed by atoms with Gasteiger partial charge in [-0.3, -0.25) is 0 Å². The Morgan fingerprint density at radius 3 is 3.00 bits per heavy atom. The lowest BCUT2D eigenvalue weighted by Gasteiger charge is -2.41. The molecule has 0 aromatic carbocycles. The number of rotatable bonds is 3. The van der Waals surface area contributed by atoms with Gasteiger partial charge >= 0.3 is 0 Å². The number of hydrogen-bond acceptors (Lipinski definition) is 4. The van der Waals surface area contributed by atoms with Gasteiger partial charge in [-0.15, -0.1) is 0 Å². The fourth-order valence-corrected chi connectivity index (χ4v) is 2.13. The summed E-state index contributed by atoms with van der Waals surface area (Å²) >= 11 is 0. The summed E-state index contributed by atoms with van der Waals surface area (Å²) in [6.07, 6.45) is 8.43. The zero-order valence-electron chi connectivity index (χ0n) is 8.93. The summed E-state index contributed by atoms with van der Waals surface area (Å²) in [6, 6.07) is 1.92. The van der Waals surface area contributed by atoms with Crippen LogP contribution in [0.5, 0.6) is 0 Å². The average Bonchev–Trinajstić information content (AvgIpc) is 2.72. The number of hydrogen-bond donors (Lipinski definition) is 2. The van der Waals surface area contributed by atoms with Gasteiger partial charge in [-0.1, -0.05) is 0 Å². The lowest BCUT2D eigenvalue weighted by atomic mass is 9.77. The molecule has 1 aliphatic carbocycles. The number of aromatic nitrogens is 3. The summed E-state index contributed by atoms with van der Waals surface area (Å²) in [6.45, 7) is 0.157. The van der Waals surface area contributed by atoms with Gasteiger partial charge in [0.15, 0.2) is 5.82 Å². The molecule has 0 spiro atoms. The van der Waals surface area contributed by atoms with Gasteiger partial charge in [0.05, 0.1) is 18.3 Å². The van der Waals surface area contributed by atoms with Crippen LogP contribution in [0.1, 0.15) is 19.3 Å². The van der Waals surface area contributed by atoms with E-state index < -0.39 is 0 Å². The molecule has 0 aliphatic heterocycles. The number of aliphatic hydroxyl groups excluding tert-OH is 1. The maximum absolute atomic E-state index is 9.41. The molecule has 0 radical (unpaired) electrons. The molecule has 5 nitrogen and oxygen atoms in total. The first-order valence-electron chi connectivity index (χ1n) is 5.50. The van der Waals surface area contributed by atoms with Crippen molar-refractivity contribution in [3.63, 3.8) is 0 Å². The van der Waals surface area contributed by atoms with Crippen molar-refractivity contribution < 1.29 is 5.11 Å². The summed E-state index contributed by atoms with van der Waals surface area (Å²) in [5.41, 5.74) is 0.779. The zero-order chi connectivity index (χ0) is 11.0. The Bertz CT molecular complexity index is 498. The van der Waals surface area contributed by atoms with Crippen LogP contribution in [0.15, 0.2) is 24.7 Å². The highest BCUT2D eigenvalue weighted by molar-refractivity contribution is 5.67. The fourth-order valence-electron chi connectivity index (χ4n) is 2.13. The standard InChI is InChI=1S/C11H14N4O/c16-8-11(3-1-4-11)14-10-9-2-5-13-15(9)7-6-12-10/h2,5-7,16H,1,3-4,8H2,(H,12,14). The molecule has 2 aromatic rings. The lowest BCUT2D eigenvalue weighted by Crippen LogP contribution is -2.48. The fraction of sp³-hybridized carbons (Fsp3) is 0.455. The van der Waals surface area contributed by atoms with Crippen LogP contribution in [0, 0.1) is 0 Å². The molecule has 0 unspecified atom stereocenters. The summed E-state index contributed by atoms with van der Waals surface area (Å²) in [7, 11) is 0. The molecular weight excluding hydrogens is 204 g/mol. The van der Waals surface area contributed by atoms with E-state index in [0.717, 1.165) is 30.6 Å². The number of aliphatic hydroxyl groups is 1. The molecule has 5 heteroatoms. The van der Waals surface area contributed by atoms with Crippen LogP contribution in [0.2, 0.25) is 0 Å². The van der Waals surface area contributed by atoms with Gasteiger partial charge in [0, 0.05) is 12.4 Å². The topological polar surface area (TPSA) is 62.5 Å². The summed E-state index contributed by atoms with van der Waals surface area (Å²) in [5.74, 6) is 0.800. The normalized spacial score (nSPS) is 18.3. The number of nitrogens with one attached hydrogen (secondary N) is 1. The van der Waals surface area contributed by atoms with Crippen molar-refractivity contribution in [3.8, 4) is 0 Å². The highest BCUT2D eigenvalue weighted by Crippen LogP contribution is 2.35. The van der Waals surface area contributed by atoms with Crippen LogP contribution < -0.4 is 5.32 Å². The van der Waals surface area contributed by atoms with Crippen LogP contribution in [-0.2, 0) is 0 Å². The average molecular weight is 218 g/mol. The second-order valence-electron chi connectivity index (χ2n) is 4.35. The molecule has 0 bridgehead atoms. The molecule has 0 atom stereocenters. The van der Waals surface area contributed by atoms with Crippen LogP contribution in [-0.4, -0.2) is 31.9 Å². The van der Waals surface area contributed by atoms with Crippen molar-refractivity contribution in [2.45, 2.75) is 24.8 Å². The molecule has 2 N–H and O–H groups in total. The number of fused-ring (bicyclic) bond motifs is 1. The van der Waals surface area contributed by atoms with Gasteiger partial charge in [0.2, 0.25) is 0 Å². The maximum atomic E-state index is 9.41. The van der Waals surface area contributed by atoms with Crippen molar-refractivity contribution in [3.05, 3.63) is 24.7 Å². The van der Waals surface area contributed by atoms with Crippen LogP contribution in [0.25, 0.3) is 5.52 Å². The summed E-state index contributed by atoms with van der Waals surface area (Å²) in [4.78, 5) is 4.31. The van der Waals surface area contributed by atoms with Crippen LogP contribution in [0.3, 0.4) is 0 Å². The lowest BCUT2D eigenvalue weighted by molar-refractivity contribution is 0.144. The maximum Gasteiger partial charge on any atom is 0.152 e. The Balaban J connectivity index is 1.96. The van der Waals surface area contributed by atoms with Crippen molar-refractivity contribution in [1.29, 1.82) is 0 Å². The van der Waals surface area contributed by atoms with Crippen LogP contribution >= 0.6 is 0 Å². The predicted octanol–water partition coefficient (Wildman–Crippen LogP) is 1.06. The molecule has 84 valence electrons. The van der Waals surface area contributed by atoms with Gasteiger partial charge in [0.25, 0.3) is 0 Å². The Morgan fingerprint density at radius 2 is 2.31 bits per heavy atom. The van der Waals surface area contributed by atoms with E-state index >= 15 is 0 Å². The Hall–Kier alpha value is -1.62. The summed E-state index contributed by atoms with van der Waals surface area (Å²) in [5, 5.41) is 16.9. The molecule has 1 fully saturated rings. The minimum absolute atomic E-state index is 0.157. The highest BCUT2D eigenvalue weighted by Gasteiger charge is 2.36. The second-order valence-corrected chi connectivity index (χ2v) is 4.35. The summed E-state index contributed by atoms with van der Waals surface area (Å²) < 4.78 is 1.78. The van der Waals surface area contributed by atoms with Gasteiger partial charge in [0.1, 0.15) is 5.52 Å². The largest absolute Gasteiger partial charge is 0.394 e. The van der Waals surface area contributed by atoms with E-state index in [9.17, 15) is 5.11 Å². The van der Waals surface area contributed by atoms with Crippen molar-refractivity contribution in [2.75, 3.05) is 11.9 Å². The first-order chi connectivity index (χ1) is 7.83. The molecule has 1 aliphatic rings. The number of anilines is 1. The van der Waals surface area contributed by atoms with E-state index in [2.05, 4.69) is 15.4 Å².